The number of carbonyl (C=O) groups is 4. The molecule has 3 N–H and O–H groups in total. The SMILES string of the molecule is CC(=O)NC(CC(=O)NN1C(=O)NC(C)(c2ccccc2)C1=O)c1ccc(C)cc1. The molecule has 3 rings (SSSR count). The minimum Gasteiger partial charge on any atom is -0.349 e. The zero-order valence-corrected chi connectivity index (χ0v) is 17.1. The Bertz CT molecular complexity index is 974. The van der Waals surface area contributed by atoms with Gasteiger partial charge in [0.15, 0.2) is 0 Å². The van der Waals surface area contributed by atoms with E-state index in [0.29, 0.717) is 10.6 Å². The Hall–Kier alpha value is -3.68. The third-order valence-electron chi connectivity index (χ3n) is 5.03. The first-order valence-electron chi connectivity index (χ1n) is 9.56. The minimum absolute atomic E-state index is 0.137. The maximum atomic E-state index is 12.9. The third kappa shape index (κ3) is 4.32. The van der Waals surface area contributed by atoms with Gasteiger partial charge >= 0.3 is 6.03 Å². The monoisotopic (exact) mass is 408 g/mol. The van der Waals surface area contributed by atoms with Crippen molar-refractivity contribution in [3.05, 3.63) is 71.3 Å². The number of carbonyl (C=O) groups excluding carboxylic acids is 4. The van der Waals surface area contributed by atoms with Gasteiger partial charge in [0.1, 0.15) is 5.54 Å². The van der Waals surface area contributed by atoms with Gasteiger partial charge in [-0.05, 0) is 25.0 Å². The van der Waals surface area contributed by atoms with Crippen LogP contribution in [0.1, 0.15) is 43.0 Å². The van der Waals surface area contributed by atoms with Gasteiger partial charge in [-0.1, -0.05) is 60.2 Å². The van der Waals surface area contributed by atoms with Gasteiger partial charge in [-0.3, -0.25) is 19.8 Å². The van der Waals surface area contributed by atoms with E-state index in [0.717, 1.165) is 11.1 Å². The number of nitrogens with one attached hydrogen (secondary N) is 3. The lowest BCUT2D eigenvalue weighted by molar-refractivity contribution is -0.139. The molecule has 2 aromatic carbocycles. The molecular formula is C22H24N4O4. The van der Waals surface area contributed by atoms with Crippen molar-refractivity contribution in [1.82, 2.24) is 21.1 Å². The Morgan fingerprint density at radius 3 is 2.30 bits per heavy atom. The summed E-state index contributed by atoms with van der Waals surface area (Å²) in [7, 11) is 0. The summed E-state index contributed by atoms with van der Waals surface area (Å²) in [5.74, 6) is -1.45. The molecule has 0 radical (unpaired) electrons. The lowest BCUT2D eigenvalue weighted by atomic mass is 9.92. The molecule has 1 aliphatic rings. The Labute approximate surface area is 174 Å². The van der Waals surface area contributed by atoms with Crippen molar-refractivity contribution in [3.8, 4) is 0 Å². The number of rotatable bonds is 6. The molecule has 156 valence electrons. The lowest BCUT2D eigenvalue weighted by Crippen LogP contribution is -2.48. The van der Waals surface area contributed by atoms with Crippen LogP contribution in [0.2, 0.25) is 0 Å². The second kappa shape index (κ2) is 8.36. The molecule has 1 fully saturated rings. The third-order valence-corrected chi connectivity index (χ3v) is 5.03. The summed E-state index contributed by atoms with van der Waals surface area (Å²) in [6, 6.07) is 14.9. The van der Waals surface area contributed by atoms with Gasteiger partial charge in [-0.2, -0.15) is 5.01 Å². The Kier molecular flexibility index (Phi) is 5.86. The predicted molar refractivity (Wildman–Crippen MR) is 110 cm³/mol. The van der Waals surface area contributed by atoms with Crippen LogP contribution in [0.25, 0.3) is 0 Å². The summed E-state index contributed by atoms with van der Waals surface area (Å²) < 4.78 is 0. The minimum atomic E-state index is -1.28. The number of hydrogen-bond donors (Lipinski definition) is 3. The van der Waals surface area contributed by atoms with Crippen LogP contribution in [0.3, 0.4) is 0 Å². The van der Waals surface area contributed by atoms with Gasteiger partial charge in [0.2, 0.25) is 11.8 Å². The number of urea groups is 1. The Morgan fingerprint density at radius 1 is 1.07 bits per heavy atom. The van der Waals surface area contributed by atoms with E-state index in [2.05, 4.69) is 16.1 Å². The lowest BCUT2D eigenvalue weighted by Gasteiger charge is -2.23. The number of aryl methyl sites for hydroxylation is 1. The molecule has 2 atom stereocenters. The predicted octanol–water partition coefficient (Wildman–Crippen LogP) is 2.06. The number of amides is 5. The van der Waals surface area contributed by atoms with Gasteiger partial charge in [-0.15, -0.1) is 0 Å². The van der Waals surface area contributed by atoms with E-state index in [1.165, 1.54) is 6.92 Å². The molecular weight excluding hydrogens is 384 g/mol. The van der Waals surface area contributed by atoms with Gasteiger partial charge < -0.3 is 10.6 Å². The summed E-state index contributed by atoms with van der Waals surface area (Å²) in [5.41, 5.74) is 3.49. The molecule has 8 nitrogen and oxygen atoms in total. The molecule has 0 aromatic heterocycles. The Morgan fingerprint density at radius 2 is 1.70 bits per heavy atom. The van der Waals surface area contributed by atoms with Crippen molar-refractivity contribution in [2.45, 2.75) is 38.8 Å². The summed E-state index contributed by atoms with van der Waals surface area (Å²) in [5, 5.41) is 6.05. The van der Waals surface area contributed by atoms with Crippen LogP contribution in [-0.2, 0) is 19.9 Å². The van der Waals surface area contributed by atoms with E-state index in [4.69, 9.17) is 0 Å². The molecule has 0 saturated carbocycles. The van der Waals surface area contributed by atoms with Crippen LogP contribution in [0.5, 0.6) is 0 Å². The first kappa shape index (κ1) is 21.0. The summed E-state index contributed by atoms with van der Waals surface area (Å²) >= 11 is 0. The maximum Gasteiger partial charge on any atom is 0.344 e. The fourth-order valence-electron chi connectivity index (χ4n) is 3.36. The van der Waals surface area contributed by atoms with Gasteiger partial charge in [0.05, 0.1) is 12.5 Å². The number of hydrazine groups is 1. The van der Waals surface area contributed by atoms with Crippen LogP contribution in [0.15, 0.2) is 54.6 Å². The molecule has 30 heavy (non-hydrogen) atoms. The largest absolute Gasteiger partial charge is 0.349 e. The van der Waals surface area contributed by atoms with E-state index in [1.807, 2.05) is 31.2 Å². The van der Waals surface area contributed by atoms with Gasteiger partial charge in [0, 0.05) is 6.92 Å². The van der Waals surface area contributed by atoms with Crippen molar-refractivity contribution >= 4 is 23.8 Å². The topological polar surface area (TPSA) is 108 Å². The van der Waals surface area contributed by atoms with Gasteiger partial charge in [0.25, 0.3) is 5.91 Å². The molecule has 8 heteroatoms. The van der Waals surface area contributed by atoms with Crippen molar-refractivity contribution in [2.24, 2.45) is 0 Å². The average Bonchev–Trinajstić information content (AvgIpc) is 2.92. The highest BCUT2D eigenvalue weighted by molar-refractivity contribution is 6.08. The summed E-state index contributed by atoms with van der Waals surface area (Å²) in [6.07, 6.45) is -0.137. The second-order valence-corrected chi connectivity index (χ2v) is 7.46. The molecule has 0 bridgehead atoms. The van der Waals surface area contributed by atoms with E-state index in [1.54, 1.807) is 37.3 Å². The zero-order valence-electron chi connectivity index (χ0n) is 17.1. The first-order chi connectivity index (χ1) is 14.2. The van der Waals surface area contributed by atoms with Crippen LogP contribution in [0.4, 0.5) is 4.79 Å². The van der Waals surface area contributed by atoms with Crippen molar-refractivity contribution < 1.29 is 19.2 Å². The Balaban J connectivity index is 1.74. The van der Waals surface area contributed by atoms with E-state index >= 15 is 0 Å². The molecule has 5 amide bonds. The standard InChI is InChI=1S/C22H24N4O4/c1-14-9-11-16(12-10-14)18(23-15(2)27)13-19(28)25-26-20(29)22(3,24-21(26)30)17-7-5-4-6-8-17/h4-12,18H,13H2,1-3H3,(H,23,27)(H,24,30)(H,25,28). The van der Waals surface area contributed by atoms with E-state index in [9.17, 15) is 19.2 Å². The number of imide groups is 1. The van der Waals surface area contributed by atoms with Crippen LogP contribution in [-0.4, -0.2) is 28.8 Å². The summed E-state index contributed by atoms with van der Waals surface area (Å²) in [4.78, 5) is 49.5. The van der Waals surface area contributed by atoms with Crippen LogP contribution in [0, 0.1) is 6.92 Å². The zero-order chi connectivity index (χ0) is 21.9. The van der Waals surface area contributed by atoms with Crippen LogP contribution >= 0.6 is 0 Å². The van der Waals surface area contributed by atoms with Crippen molar-refractivity contribution in [2.75, 3.05) is 0 Å². The summed E-state index contributed by atoms with van der Waals surface area (Å²) in [6.45, 7) is 4.88. The molecule has 0 aliphatic carbocycles. The fourth-order valence-corrected chi connectivity index (χ4v) is 3.36. The average molecular weight is 408 g/mol. The van der Waals surface area contributed by atoms with Gasteiger partial charge in [-0.25, -0.2) is 4.79 Å². The van der Waals surface area contributed by atoms with E-state index in [-0.39, 0.29) is 12.3 Å². The van der Waals surface area contributed by atoms with Crippen LogP contribution < -0.4 is 16.1 Å². The van der Waals surface area contributed by atoms with Crippen molar-refractivity contribution in [1.29, 1.82) is 0 Å². The molecule has 1 aliphatic heterocycles. The highest BCUT2D eigenvalue weighted by Gasteiger charge is 2.50. The molecule has 1 heterocycles. The molecule has 0 spiro atoms. The number of nitrogens with zero attached hydrogens (tertiary/aromatic N) is 1. The number of hydrogen-bond acceptors (Lipinski definition) is 4. The quantitative estimate of drug-likeness (QED) is 0.636. The number of benzene rings is 2. The smallest absolute Gasteiger partial charge is 0.344 e. The highest BCUT2D eigenvalue weighted by atomic mass is 16.2. The van der Waals surface area contributed by atoms with E-state index < -0.39 is 29.4 Å². The maximum absolute atomic E-state index is 12.9. The second-order valence-electron chi connectivity index (χ2n) is 7.46. The highest BCUT2D eigenvalue weighted by Crippen LogP contribution is 2.28. The molecule has 2 aromatic rings. The normalized spacial score (nSPS) is 19.2. The first-order valence-corrected chi connectivity index (χ1v) is 9.56. The molecule has 1 saturated heterocycles. The molecule has 2 unspecified atom stereocenters. The fraction of sp³-hybridized carbons (Fsp3) is 0.273. The van der Waals surface area contributed by atoms with Crippen molar-refractivity contribution in [3.63, 3.8) is 0 Å².